The highest BCUT2D eigenvalue weighted by molar-refractivity contribution is 14.0. The summed E-state index contributed by atoms with van der Waals surface area (Å²) in [5.74, 6) is 0.281. The molecule has 1 rings (SSSR count). The molecule has 0 aliphatic carbocycles. The minimum absolute atomic E-state index is 0. The Morgan fingerprint density at radius 1 is 1.45 bits per heavy atom. The van der Waals surface area contributed by atoms with E-state index in [4.69, 9.17) is 10.5 Å². The SMILES string of the molecule is COCCNC(N)=NCc1cccc(NC(C)=O)c1.I. The van der Waals surface area contributed by atoms with Crippen LogP contribution in [0, 0.1) is 0 Å². The van der Waals surface area contributed by atoms with Crippen LogP contribution < -0.4 is 16.4 Å². The molecule has 112 valence electrons. The van der Waals surface area contributed by atoms with Crippen LogP contribution in [0.2, 0.25) is 0 Å². The van der Waals surface area contributed by atoms with Crippen LogP contribution in [-0.4, -0.2) is 32.1 Å². The van der Waals surface area contributed by atoms with Crippen molar-refractivity contribution >= 4 is 41.5 Å². The lowest BCUT2D eigenvalue weighted by Gasteiger charge is -2.06. The van der Waals surface area contributed by atoms with E-state index < -0.39 is 0 Å². The third kappa shape index (κ3) is 7.95. The number of hydrogen-bond donors (Lipinski definition) is 3. The number of carbonyl (C=O) groups is 1. The molecule has 0 aliphatic heterocycles. The van der Waals surface area contributed by atoms with E-state index in [0.29, 0.717) is 25.7 Å². The highest BCUT2D eigenvalue weighted by Crippen LogP contribution is 2.11. The summed E-state index contributed by atoms with van der Waals surface area (Å²) in [6.45, 7) is 3.13. The first-order chi connectivity index (χ1) is 9.11. The number of ether oxygens (including phenoxy) is 1. The van der Waals surface area contributed by atoms with Crippen molar-refractivity contribution in [2.45, 2.75) is 13.5 Å². The zero-order chi connectivity index (χ0) is 14.1. The Balaban J connectivity index is 0.00000361. The zero-order valence-corrected chi connectivity index (χ0v) is 14.0. The summed E-state index contributed by atoms with van der Waals surface area (Å²) in [5, 5.41) is 5.66. The van der Waals surface area contributed by atoms with Gasteiger partial charge in [0.2, 0.25) is 5.91 Å². The Kier molecular flexibility index (Phi) is 9.73. The van der Waals surface area contributed by atoms with Gasteiger partial charge in [0.05, 0.1) is 13.2 Å². The van der Waals surface area contributed by atoms with Crippen molar-refractivity contribution in [3.05, 3.63) is 29.8 Å². The molecule has 4 N–H and O–H groups in total. The summed E-state index contributed by atoms with van der Waals surface area (Å²) in [6, 6.07) is 7.49. The van der Waals surface area contributed by atoms with Crippen molar-refractivity contribution in [3.8, 4) is 0 Å². The molecular weight excluding hydrogens is 371 g/mol. The molecule has 7 heteroatoms. The van der Waals surface area contributed by atoms with E-state index in [1.165, 1.54) is 6.92 Å². The lowest BCUT2D eigenvalue weighted by atomic mass is 10.2. The fourth-order valence-corrected chi connectivity index (χ4v) is 1.46. The predicted molar refractivity (Wildman–Crippen MR) is 91.4 cm³/mol. The van der Waals surface area contributed by atoms with Gasteiger partial charge in [0.1, 0.15) is 0 Å². The number of guanidine groups is 1. The van der Waals surface area contributed by atoms with Crippen LogP contribution in [0.1, 0.15) is 12.5 Å². The van der Waals surface area contributed by atoms with Crippen LogP contribution >= 0.6 is 24.0 Å². The van der Waals surface area contributed by atoms with Crippen LogP contribution in [0.25, 0.3) is 0 Å². The molecule has 0 radical (unpaired) electrons. The molecule has 1 aromatic rings. The molecule has 0 aliphatic rings. The van der Waals surface area contributed by atoms with Gasteiger partial charge in [-0.2, -0.15) is 0 Å². The van der Waals surface area contributed by atoms with Gasteiger partial charge in [-0.15, -0.1) is 24.0 Å². The molecule has 0 atom stereocenters. The molecule has 0 bridgehead atoms. The second-order valence-electron chi connectivity index (χ2n) is 4.00. The molecule has 0 spiro atoms. The molecule has 0 aromatic heterocycles. The largest absolute Gasteiger partial charge is 0.383 e. The van der Waals surface area contributed by atoms with E-state index in [0.717, 1.165) is 11.3 Å². The molecule has 0 fully saturated rings. The second-order valence-corrected chi connectivity index (χ2v) is 4.00. The molecule has 20 heavy (non-hydrogen) atoms. The van der Waals surface area contributed by atoms with Gasteiger partial charge < -0.3 is 21.1 Å². The quantitative estimate of drug-likeness (QED) is 0.295. The Morgan fingerprint density at radius 2 is 2.20 bits per heavy atom. The molecule has 0 saturated heterocycles. The normalized spacial score (nSPS) is 10.6. The lowest BCUT2D eigenvalue weighted by molar-refractivity contribution is -0.114. The number of nitrogens with two attached hydrogens (primary N) is 1. The molecule has 1 amide bonds. The maximum atomic E-state index is 11.0. The van der Waals surface area contributed by atoms with E-state index in [-0.39, 0.29) is 29.9 Å². The van der Waals surface area contributed by atoms with Crippen LogP contribution in [0.3, 0.4) is 0 Å². The van der Waals surface area contributed by atoms with E-state index in [9.17, 15) is 4.79 Å². The minimum atomic E-state index is -0.0959. The average molecular weight is 392 g/mol. The summed E-state index contributed by atoms with van der Waals surface area (Å²) in [5.41, 5.74) is 7.43. The van der Waals surface area contributed by atoms with E-state index >= 15 is 0 Å². The van der Waals surface area contributed by atoms with E-state index in [2.05, 4.69) is 15.6 Å². The Bertz CT molecular complexity index is 452. The number of benzene rings is 1. The summed E-state index contributed by atoms with van der Waals surface area (Å²) in [4.78, 5) is 15.2. The smallest absolute Gasteiger partial charge is 0.221 e. The number of hydrogen-bond acceptors (Lipinski definition) is 3. The first kappa shape index (κ1) is 18.7. The number of methoxy groups -OCH3 is 1. The number of nitrogens with zero attached hydrogens (tertiary/aromatic N) is 1. The minimum Gasteiger partial charge on any atom is -0.383 e. The van der Waals surface area contributed by atoms with Crippen molar-refractivity contribution in [1.29, 1.82) is 0 Å². The molecule has 1 aromatic carbocycles. The van der Waals surface area contributed by atoms with Gasteiger partial charge in [0.25, 0.3) is 0 Å². The Hall–Kier alpha value is -1.35. The number of rotatable bonds is 6. The van der Waals surface area contributed by atoms with Crippen molar-refractivity contribution in [2.24, 2.45) is 10.7 Å². The number of halogens is 1. The average Bonchev–Trinajstić information content (AvgIpc) is 2.36. The Labute approximate surface area is 136 Å². The zero-order valence-electron chi connectivity index (χ0n) is 11.7. The molecule has 0 saturated carbocycles. The van der Waals surface area contributed by atoms with E-state index in [1.54, 1.807) is 7.11 Å². The fraction of sp³-hybridized carbons (Fsp3) is 0.385. The van der Waals surface area contributed by atoms with Crippen molar-refractivity contribution in [1.82, 2.24) is 5.32 Å². The molecule has 0 unspecified atom stereocenters. The lowest BCUT2D eigenvalue weighted by Crippen LogP contribution is -2.34. The van der Waals surface area contributed by atoms with Crippen molar-refractivity contribution in [3.63, 3.8) is 0 Å². The number of nitrogens with one attached hydrogen (secondary N) is 2. The molecular formula is C13H21IN4O2. The predicted octanol–water partition coefficient (Wildman–Crippen LogP) is 1.31. The van der Waals surface area contributed by atoms with Crippen LogP contribution in [0.4, 0.5) is 5.69 Å². The second kappa shape index (κ2) is 10.4. The number of carbonyl (C=O) groups excluding carboxylic acids is 1. The van der Waals surface area contributed by atoms with Gasteiger partial charge in [-0.05, 0) is 17.7 Å². The molecule has 0 heterocycles. The van der Waals surface area contributed by atoms with Gasteiger partial charge >= 0.3 is 0 Å². The number of amides is 1. The highest BCUT2D eigenvalue weighted by atomic mass is 127. The molecule has 6 nitrogen and oxygen atoms in total. The summed E-state index contributed by atoms with van der Waals surface area (Å²) >= 11 is 0. The Morgan fingerprint density at radius 3 is 2.85 bits per heavy atom. The maximum Gasteiger partial charge on any atom is 0.221 e. The van der Waals surface area contributed by atoms with E-state index in [1.807, 2.05) is 24.3 Å². The van der Waals surface area contributed by atoms with Gasteiger partial charge in [0.15, 0.2) is 5.96 Å². The van der Waals surface area contributed by atoms with Gasteiger partial charge in [-0.25, -0.2) is 4.99 Å². The fourth-order valence-electron chi connectivity index (χ4n) is 1.46. The van der Waals surface area contributed by atoms with Crippen molar-refractivity contribution < 1.29 is 9.53 Å². The van der Waals surface area contributed by atoms with Gasteiger partial charge in [0, 0.05) is 26.3 Å². The van der Waals surface area contributed by atoms with Crippen LogP contribution in [-0.2, 0) is 16.1 Å². The first-order valence-corrected chi connectivity index (χ1v) is 6.01. The standard InChI is InChI=1S/C13H20N4O2.HI/c1-10(18)17-12-5-3-4-11(8-12)9-16-13(14)15-6-7-19-2;/h3-5,8H,6-7,9H2,1-2H3,(H,17,18)(H3,14,15,16);1H. The van der Waals surface area contributed by atoms with Crippen molar-refractivity contribution in [2.75, 3.05) is 25.6 Å². The first-order valence-electron chi connectivity index (χ1n) is 6.01. The topological polar surface area (TPSA) is 88.7 Å². The monoisotopic (exact) mass is 392 g/mol. The summed E-state index contributed by atoms with van der Waals surface area (Å²) < 4.78 is 4.89. The summed E-state index contributed by atoms with van der Waals surface area (Å²) in [6.07, 6.45) is 0. The number of aliphatic imine (C=N–C) groups is 1. The maximum absolute atomic E-state index is 11.0. The third-order valence-corrected chi connectivity index (χ3v) is 2.29. The third-order valence-electron chi connectivity index (χ3n) is 2.29. The van der Waals surface area contributed by atoms with Gasteiger partial charge in [-0.1, -0.05) is 12.1 Å². The highest BCUT2D eigenvalue weighted by Gasteiger charge is 1.98. The summed E-state index contributed by atoms with van der Waals surface area (Å²) in [7, 11) is 1.63. The number of anilines is 1. The van der Waals surface area contributed by atoms with Crippen LogP contribution in [0.5, 0.6) is 0 Å². The van der Waals surface area contributed by atoms with Crippen LogP contribution in [0.15, 0.2) is 29.3 Å². The van der Waals surface area contributed by atoms with Gasteiger partial charge in [-0.3, -0.25) is 4.79 Å².